The number of nitrogens with one attached hydrogen (secondary N) is 1. The van der Waals surface area contributed by atoms with Gasteiger partial charge in [-0.3, -0.25) is 0 Å². The zero-order chi connectivity index (χ0) is 24.2. The van der Waals surface area contributed by atoms with E-state index in [2.05, 4.69) is 29.9 Å². The van der Waals surface area contributed by atoms with Gasteiger partial charge < -0.3 is 19.3 Å². The second kappa shape index (κ2) is 9.52. The summed E-state index contributed by atoms with van der Waals surface area (Å²) in [6, 6.07) is 7.54. The summed E-state index contributed by atoms with van der Waals surface area (Å²) in [7, 11) is 0. The number of hydrogen-bond acceptors (Lipinski definition) is 7. The smallest absolute Gasteiger partial charge is 0.436 e. The van der Waals surface area contributed by atoms with Gasteiger partial charge in [-0.2, -0.15) is 26.3 Å². The highest BCUT2D eigenvalue weighted by Gasteiger charge is 2.35. The van der Waals surface area contributed by atoms with E-state index in [-0.39, 0.29) is 11.3 Å². The van der Waals surface area contributed by atoms with Gasteiger partial charge in [0, 0.05) is 17.2 Å². The van der Waals surface area contributed by atoms with Gasteiger partial charge in [-0.25, -0.2) is 4.79 Å². The fourth-order valence-electron chi connectivity index (χ4n) is 2.33. The number of ether oxygens (including phenoxy) is 2. The van der Waals surface area contributed by atoms with Gasteiger partial charge >= 0.3 is 18.4 Å². The van der Waals surface area contributed by atoms with Crippen LogP contribution in [0.1, 0.15) is 11.5 Å². The third kappa shape index (κ3) is 6.97. The predicted octanol–water partition coefficient (Wildman–Crippen LogP) is 5.03. The summed E-state index contributed by atoms with van der Waals surface area (Å²) in [4.78, 5) is 11.9. The minimum Gasteiger partial charge on any atom is -0.466 e. The monoisotopic (exact) mass is 496 g/mol. The highest BCUT2D eigenvalue weighted by molar-refractivity contribution is 6.30. The Morgan fingerprint density at radius 2 is 1.76 bits per heavy atom. The fraction of sp³-hybridized carbons (Fsp3) is 0.222. The molecule has 0 aliphatic rings. The minimum absolute atomic E-state index is 0.0128. The first-order valence-corrected chi connectivity index (χ1v) is 9.10. The van der Waals surface area contributed by atoms with Crippen LogP contribution in [-0.4, -0.2) is 34.2 Å². The lowest BCUT2D eigenvalue weighted by atomic mass is 10.1. The van der Waals surface area contributed by atoms with Gasteiger partial charge in [0.25, 0.3) is 0 Å². The van der Waals surface area contributed by atoms with Crippen LogP contribution in [0.15, 0.2) is 40.9 Å². The molecule has 0 aliphatic carbocycles. The van der Waals surface area contributed by atoms with Crippen LogP contribution in [0.5, 0.6) is 11.8 Å². The van der Waals surface area contributed by atoms with E-state index >= 15 is 0 Å². The van der Waals surface area contributed by atoms with Crippen molar-refractivity contribution in [2.75, 3.05) is 6.61 Å². The van der Waals surface area contributed by atoms with Crippen molar-refractivity contribution >= 4 is 17.7 Å². The van der Waals surface area contributed by atoms with Crippen LogP contribution in [0.4, 0.5) is 31.1 Å². The molecule has 2 heterocycles. The zero-order valence-electron chi connectivity index (χ0n) is 16.0. The maximum Gasteiger partial charge on any atom is 0.436 e. The number of aromatic nitrogens is 3. The first-order chi connectivity index (χ1) is 15.4. The van der Waals surface area contributed by atoms with Crippen LogP contribution in [0, 0.1) is 0 Å². The molecular weight excluding hydrogens is 486 g/mol. The Balaban J connectivity index is 1.73. The number of rotatable bonds is 6. The van der Waals surface area contributed by atoms with E-state index in [4.69, 9.17) is 16.3 Å². The maximum absolute atomic E-state index is 12.5. The Morgan fingerprint density at radius 1 is 1.06 bits per heavy atom. The quantitative estimate of drug-likeness (QED) is 0.478. The van der Waals surface area contributed by atoms with Crippen molar-refractivity contribution in [3.8, 4) is 22.9 Å². The third-order valence-corrected chi connectivity index (χ3v) is 3.97. The first kappa shape index (κ1) is 24.1. The number of halogens is 7. The van der Waals surface area contributed by atoms with E-state index in [0.717, 1.165) is 6.07 Å². The molecule has 8 nitrogen and oxygen atoms in total. The molecule has 0 atom stereocenters. The fourth-order valence-corrected chi connectivity index (χ4v) is 2.45. The molecule has 1 amide bonds. The summed E-state index contributed by atoms with van der Waals surface area (Å²) in [6.45, 7) is -2.13. The Bertz CT molecular complexity index is 1120. The van der Waals surface area contributed by atoms with Crippen molar-refractivity contribution in [3.05, 3.63) is 52.9 Å². The van der Waals surface area contributed by atoms with Crippen LogP contribution in [0.2, 0.25) is 5.02 Å². The molecule has 176 valence electrons. The van der Waals surface area contributed by atoms with Gasteiger partial charge in [-0.1, -0.05) is 28.9 Å². The van der Waals surface area contributed by atoms with Gasteiger partial charge in [0.15, 0.2) is 18.1 Å². The topological polar surface area (TPSA) is 99.4 Å². The van der Waals surface area contributed by atoms with Crippen molar-refractivity contribution in [1.29, 1.82) is 0 Å². The van der Waals surface area contributed by atoms with E-state index in [1.165, 1.54) is 24.3 Å². The molecule has 15 heteroatoms. The lowest BCUT2D eigenvalue weighted by Crippen LogP contribution is -2.26. The number of carbonyl (C=O) groups is 1. The molecule has 1 N–H and O–H groups in total. The maximum atomic E-state index is 12.5. The summed E-state index contributed by atoms with van der Waals surface area (Å²) >= 11 is 5.81. The van der Waals surface area contributed by atoms with Crippen LogP contribution >= 0.6 is 11.6 Å². The number of carbonyl (C=O) groups excluding carboxylic acids is 1. The van der Waals surface area contributed by atoms with E-state index in [9.17, 15) is 31.1 Å². The Morgan fingerprint density at radius 3 is 2.36 bits per heavy atom. The van der Waals surface area contributed by atoms with E-state index in [1.807, 2.05) is 0 Å². The number of hydrogen-bond donors (Lipinski definition) is 1. The molecule has 1 aromatic carbocycles. The highest BCUT2D eigenvalue weighted by atomic mass is 35.5. The third-order valence-electron chi connectivity index (χ3n) is 3.72. The van der Waals surface area contributed by atoms with E-state index in [1.54, 1.807) is 0 Å². The Labute approximate surface area is 185 Å². The number of benzene rings is 1. The van der Waals surface area contributed by atoms with Gasteiger partial charge in [-0.05, 0) is 17.7 Å². The predicted molar refractivity (Wildman–Crippen MR) is 98.4 cm³/mol. The highest BCUT2D eigenvalue weighted by Crippen LogP contribution is 2.32. The molecule has 0 fully saturated rings. The van der Waals surface area contributed by atoms with Gasteiger partial charge in [-0.15, -0.1) is 10.2 Å². The SMILES string of the molecule is O=C(NCc1cc(C(F)(F)F)no1)Oc1cc(-c2ccc(Cl)cc2)c(OCC(F)(F)F)nn1. The van der Waals surface area contributed by atoms with Crippen molar-refractivity contribution in [3.63, 3.8) is 0 Å². The van der Waals surface area contributed by atoms with Gasteiger partial charge in [0.1, 0.15) is 0 Å². The van der Waals surface area contributed by atoms with Crippen molar-refractivity contribution < 1.29 is 45.1 Å². The number of alkyl halides is 6. The molecule has 0 bridgehead atoms. The zero-order valence-corrected chi connectivity index (χ0v) is 16.8. The average molecular weight is 497 g/mol. The minimum atomic E-state index is -4.72. The number of nitrogens with zero attached hydrogens (tertiary/aromatic N) is 3. The van der Waals surface area contributed by atoms with Crippen molar-refractivity contribution in [2.24, 2.45) is 0 Å². The average Bonchev–Trinajstić information content (AvgIpc) is 3.21. The molecule has 33 heavy (non-hydrogen) atoms. The Kier molecular flexibility index (Phi) is 6.95. The molecule has 0 saturated carbocycles. The summed E-state index contributed by atoms with van der Waals surface area (Å²) < 4.78 is 89.1. The van der Waals surface area contributed by atoms with Crippen LogP contribution in [0.25, 0.3) is 11.1 Å². The normalized spacial score (nSPS) is 11.8. The van der Waals surface area contributed by atoms with E-state index in [0.29, 0.717) is 16.7 Å². The number of amides is 1. The molecular formula is C18H11ClF6N4O4. The second-order valence-electron chi connectivity index (χ2n) is 6.23. The first-order valence-electron chi connectivity index (χ1n) is 8.72. The van der Waals surface area contributed by atoms with Crippen LogP contribution in [0.3, 0.4) is 0 Å². The lowest BCUT2D eigenvalue weighted by Gasteiger charge is -2.13. The van der Waals surface area contributed by atoms with Crippen molar-refractivity contribution in [2.45, 2.75) is 18.9 Å². The summed E-state index contributed by atoms with van der Waals surface area (Å²) in [5.41, 5.74) is -0.933. The lowest BCUT2D eigenvalue weighted by molar-refractivity contribution is -0.154. The molecule has 0 aliphatic heterocycles. The molecule has 0 saturated heterocycles. The molecule has 0 radical (unpaired) electrons. The summed E-state index contributed by atoms with van der Waals surface area (Å²) in [5, 5.41) is 12.3. The summed E-state index contributed by atoms with van der Waals surface area (Å²) in [5.74, 6) is -1.21. The molecule has 0 spiro atoms. The molecule has 0 unspecified atom stereocenters. The largest absolute Gasteiger partial charge is 0.466 e. The van der Waals surface area contributed by atoms with Crippen molar-refractivity contribution in [1.82, 2.24) is 20.7 Å². The molecule has 3 aromatic rings. The summed E-state index contributed by atoms with van der Waals surface area (Å²) in [6.07, 6.45) is -10.5. The Hall–Kier alpha value is -3.55. The molecule has 2 aromatic heterocycles. The van der Waals surface area contributed by atoms with Crippen LogP contribution < -0.4 is 14.8 Å². The van der Waals surface area contributed by atoms with Gasteiger partial charge in [0.2, 0.25) is 11.8 Å². The van der Waals surface area contributed by atoms with Gasteiger partial charge in [0.05, 0.1) is 12.1 Å². The van der Waals surface area contributed by atoms with Crippen LogP contribution in [-0.2, 0) is 12.7 Å². The molecule has 3 rings (SSSR count). The second-order valence-corrected chi connectivity index (χ2v) is 6.67. The standard InChI is InChI=1S/C18H11ClF6N4O4/c19-10-3-1-9(2-4-10)12-6-14(27-28-15(12)31-8-17(20,21)22)32-16(30)26-7-11-5-13(29-33-11)18(23,24)25/h1-6H,7-8H2,(H,26,30). The van der Waals surface area contributed by atoms with E-state index < -0.39 is 49.1 Å².